The number of nitrogens with zero attached hydrogens (tertiary/aromatic N) is 1. The van der Waals surface area contributed by atoms with Gasteiger partial charge in [-0.2, -0.15) is 0 Å². The second-order valence-corrected chi connectivity index (χ2v) is 3.83. The molecular weight excluding hydrogens is 218 g/mol. The van der Waals surface area contributed by atoms with Crippen LogP contribution in [0.2, 0.25) is 0 Å². The summed E-state index contributed by atoms with van der Waals surface area (Å²) in [6.07, 6.45) is 3.42. The first-order valence-electron chi connectivity index (χ1n) is 5.28. The van der Waals surface area contributed by atoms with E-state index in [1.165, 1.54) is 13.2 Å². The minimum Gasteiger partial charge on any atom is -0.466 e. The maximum Gasteiger partial charge on any atom is 0.330 e. The molecule has 1 aromatic rings. The van der Waals surface area contributed by atoms with Gasteiger partial charge in [-0.3, -0.25) is 4.79 Å². The van der Waals surface area contributed by atoms with Crippen LogP contribution in [-0.2, 0) is 20.7 Å². The first kappa shape index (κ1) is 11.4. The Bertz CT molecular complexity index is 505. The Labute approximate surface area is 99.5 Å². The number of carbonyl (C=O) groups is 2. The molecule has 4 nitrogen and oxygen atoms in total. The average molecular weight is 231 g/mol. The van der Waals surface area contributed by atoms with E-state index in [-0.39, 0.29) is 5.91 Å². The predicted octanol–water partition coefficient (Wildman–Crippen LogP) is 1.39. The summed E-state index contributed by atoms with van der Waals surface area (Å²) >= 11 is 0. The molecule has 0 aliphatic carbocycles. The second-order valence-electron chi connectivity index (χ2n) is 3.83. The van der Waals surface area contributed by atoms with Gasteiger partial charge in [-0.15, -0.1) is 0 Å². The fourth-order valence-corrected chi connectivity index (χ4v) is 1.89. The number of benzene rings is 1. The number of hydrogen-bond donors (Lipinski definition) is 0. The third-order valence-electron chi connectivity index (χ3n) is 2.85. The minimum atomic E-state index is -0.403. The Morgan fingerprint density at radius 3 is 2.94 bits per heavy atom. The van der Waals surface area contributed by atoms with Crippen molar-refractivity contribution in [2.24, 2.45) is 0 Å². The fraction of sp³-hybridized carbons (Fsp3) is 0.231. The molecule has 0 unspecified atom stereocenters. The van der Waals surface area contributed by atoms with E-state index in [9.17, 15) is 9.59 Å². The summed E-state index contributed by atoms with van der Waals surface area (Å²) in [7, 11) is 3.08. The van der Waals surface area contributed by atoms with Gasteiger partial charge in [0.15, 0.2) is 0 Å². The summed E-state index contributed by atoms with van der Waals surface area (Å²) in [5.41, 5.74) is 2.74. The van der Waals surface area contributed by atoms with Crippen LogP contribution in [-0.4, -0.2) is 26.0 Å². The van der Waals surface area contributed by atoms with Gasteiger partial charge in [0.05, 0.1) is 13.5 Å². The van der Waals surface area contributed by atoms with E-state index in [4.69, 9.17) is 0 Å². The van der Waals surface area contributed by atoms with Gasteiger partial charge in [0.2, 0.25) is 5.91 Å². The molecule has 88 valence electrons. The molecule has 0 N–H and O–H groups in total. The molecular formula is C13H13NO3. The quantitative estimate of drug-likeness (QED) is 0.571. The largest absolute Gasteiger partial charge is 0.466 e. The number of methoxy groups -OCH3 is 1. The molecule has 0 spiro atoms. The number of carbonyl (C=O) groups excluding carboxylic acids is 2. The molecule has 4 heteroatoms. The molecule has 0 saturated heterocycles. The third kappa shape index (κ3) is 2.06. The number of hydrogen-bond acceptors (Lipinski definition) is 3. The van der Waals surface area contributed by atoms with Crippen LogP contribution in [0.5, 0.6) is 0 Å². The number of ether oxygens (including phenoxy) is 1. The third-order valence-corrected chi connectivity index (χ3v) is 2.85. The molecule has 2 rings (SSSR count). The molecule has 1 amide bonds. The molecule has 1 aromatic carbocycles. The summed E-state index contributed by atoms with van der Waals surface area (Å²) < 4.78 is 4.53. The molecule has 1 aliphatic rings. The van der Waals surface area contributed by atoms with Gasteiger partial charge >= 0.3 is 5.97 Å². The van der Waals surface area contributed by atoms with E-state index in [1.807, 2.05) is 18.2 Å². The van der Waals surface area contributed by atoms with Crippen LogP contribution >= 0.6 is 0 Å². The van der Waals surface area contributed by atoms with Crippen molar-refractivity contribution in [2.45, 2.75) is 6.42 Å². The van der Waals surface area contributed by atoms with E-state index in [0.29, 0.717) is 6.42 Å². The molecule has 0 atom stereocenters. The van der Waals surface area contributed by atoms with Gasteiger partial charge in [-0.25, -0.2) is 4.79 Å². The monoisotopic (exact) mass is 231 g/mol. The van der Waals surface area contributed by atoms with Crippen molar-refractivity contribution in [1.29, 1.82) is 0 Å². The summed E-state index contributed by atoms with van der Waals surface area (Å²) in [4.78, 5) is 24.2. The Balaban J connectivity index is 2.36. The maximum atomic E-state index is 11.6. The van der Waals surface area contributed by atoms with Crippen LogP contribution in [0.15, 0.2) is 24.3 Å². The smallest absolute Gasteiger partial charge is 0.330 e. The molecule has 0 radical (unpaired) electrons. The van der Waals surface area contributed by atoms with Crippen molar-refractivity contribution in [2.75, 3.05) is 19.1 Å². The topological polar surface area (TPSA) is 46.6 Å². The van der Waals surface area contributed by atoms with Crippen LogP contribution < -0.4 is 4.90 Å². The lowest BCUT2D eigenvalue weighted by Crippen LogP contribution is -2.20. The highest BCUT2D eigenvalue weighted by Gasteiger charge is 2.25. The second kappa shape index (κ2) is 4.41. The van der Waals surface area contributed by atoms with E-state index in [2.05, 4.69) is 4.74 Å². The highest BCUT2D eigenvalue weighted by molar-refractivity contribution is 6.02. The highest BCUT2D eigenvalue weighted by Crippen LogP contribution is 2.30. The normalized spacial score (nSPS) is 14.2. The number of rotatable bonds is 2. The van der Waals surface area contributed by atoms with Crippen molar-refractivity contribution >= 4 is 23.6 Å². The van der Waals surface area contributed by atoms with E-state index >= 15 is 0 Å². The highest BCUT2D eigenvalue weighted by atomic mass is 16.5. The average Bonchev–Trinajstić information content (AvgIpc) is 2.63. The Hall–Kier alpha value is -2.10. The van der Waals surface area contributed by atoms with Crippen LogP contribution in [0.3, 0.4) is 0 Å². The number of anilines is 1. The van der Waals surface area contributed by atoms with Crippen molar-refractivity contribution in [3.63, 3.8) is 0 Å². The summed E-state index contributed by atoms with van der Waals surface area (Å²) in [6, 6.07) is 5.64. The minimum absolute atomic E-state index is 0.0684. The number of esters is 1. The van der Waals surface area contributed by atoms with Crippen molar-refractivity contribution in [3.05, 3.63) is 35.4 Å². The summed E-state index contributed by atoms with van der Waals surface area (Å²) in [5, 5.41) is 0. The van der Waals surface area contributed by atoms with Gasteiger partial charge < -0.3 is 9.64 Å². The molecule has 0 aromatic heterocycles. The zero-order chi connectivity index (χ0) is 12.4. The lowest BCUT2D eigenvalue weighted by molar-refractivity contribution is -0.134. The predicted molar refractivity (Wildman–Crippen MR) is 64.6 cm³/mol. The molecule has 1 aliphatic heterocycles. The van der Waals surface area contributed by atoms with Gasteiger partial charge in [-0.05, 0) is 23.3 Å². The molecule has 0 bridgehead atoms. The lowest BCUT2D eigenvalue weighted by Gasteiger charge is -2.10. The molecule has 1 heterocycles. The van der Waals surface area contributed by atoms with Crippen molar-refractivity contribution in [1.82, 2.24) is 0 Å². The molecule has 0 fully saturated rings. The lowest BCUT2D eigenvalue weighted by atomic mass is 10.0. The van der Waals surface area contributed by atoms with Crippen molar-refractivity contribution in [3.8, 4) is 0 Å². The van der Waals surface area contributed by atoms with Gasteiger partial charge in [0, 0.05) is 18.8 Å². The summed E-state index contributed by atoms with van der Waals surface area (Å²) in [5.74, 6) is -0.334. The van der Waals surface area contributed by atoms with E-state index < -0.39 is 5.97 Å². The van der Waals surface area contributed by atoms with Gasteiger partial charge in [-0.1, -0.05) is 12.1 Å². The van der Waals surface area contributed by atoms with Crippen LogP contribution in [0.4, 0.5) is 5.69 Å². The number of likely N-dealkylation sites (N-methyl/N-ethyl adjacent to an activating group) is 1. The van der Waals surface area contributed by atoms with Crippen molar-refractivity contribution < 1.29 is 14.3 Å². The van der Waals surface area contributed by atoms with Crippen LogP contribution in [0.1, 0.15) is 11.1 Å². The van der Waals surface area contributed by atoms with E-state index in [1.54, 1.807) is 18.0 Å². The Morgan fingerprint density at radius 1 is 1.47 bits per heavy atom. The molecule has 0 saturated carbocycles. The first-order valence-corrected chi connectivity index (χ1v) is 5.28. The summed E-state index contributed by atoms with van der Waals surface area (Å²) in [6.45, 7) is 0. The number of amides is 1. The van der Waals surface area contributed by atoms with Crippen LogP contribution in [0, 0.1) is 0 Å². The zero-order valence-corrected chi connectivity index (χ0v) is 9.77. The SMILES string of the molecule is COC(=O)C=Cc1cccc2c1CC(=O)N2C. The fourth-order valence-electron chi connectivity index (χ4n) is 1.89. The Morgan fingerprint density at radius 2 is 2.24 bits per heavy atom. The zero-order valence-electron chi connectivity index (χ0n) is 9.77. The first-order chi connectivity index (χ1) is 8.13. The van der Waals surface area contributed by atoms with Crippen LogP contribution in [0.25, 0.3) is 6.08 Å². The molecule has 17 heavy (non-hydrogen) atoms. The van der Waals surface area contributed by atoms with Gasteiger partial charge in [0.25, 0.3) is 0 Å². The number of fused-ring (bicyclic) bond motifs is 1. The van der Waals surface area contributed by atoms with E-state index in [0.717, 1.165) is 16.8 Å². The van der Waals surface area contributed by atoms with Gasteiger partial charge in [0.1, 0.15) is 0 Å². The Kier molecular flexibility index (Phi) is 2.95. The standard InChI is InChI=1S/C13H13NO3/c1-14-11-5-3-4-9(6-7-13(16)17-2)10(11)8-12(14)15/h3-7H,8H2,1-2H3. The maximum absolute atomic E-state index is 11.6.